The molecule has 0 saturated carbocycles. The van der Waals surface area contributed by atoms with Gasteiger partial charge in [0.05, 0.1) is 44.5 Å². The van der Waals surface area contributed by atoms with Gasteiger partial charge in [0.2, 0.25) is 0 Å². The molecule has 6 N–H and O–H groups in total. The predicted octanol–water partition coefficient (Wildman–Crippen LogP) is -4.03. The lowest BCUT2D eigenvalue weighted by atomic mass is 10.3. The summed E-state index contributed by atoms with van der Waals surface area (Å²) in [4.78, 5) is 92.8. The maximum absolute atomic E-state index is 11.0. The number of nitrogens with two attached hydrogens (primary N) is 1. The molecule has 0 bridgehead atoms. The summed E-state index contributed by atoms with van der Waals surface area (Å²) in [5, 5.41) is 10.0. The number of amides is 3. The molecule has 3 amide bonds. The highest BCUT2D eigenvalue weighted by Gasteiger charge is 2.27. The molecular formula is C16H28N4O18P4. The topological polar surface area (TPSA) is 302 Å². The number of hydrogen-bond acceptors (Lipinski definition) is 19. The molecule has 0 aromatic carbocycles. The van der Waals surface area contributed by atoms with Gasteiger partial charge in [0.1, 0.15) is 25.3 Å². The number of hydrogen-bond donors (Lipinski definition) is 5. The van der Waals surface area contributed by atoms with Crippen molar-refractivity contribution in [3.05, 3.63) is 0 Å². The van der Waals surface area contributed by atoms with Crippen LogP contribution in [0.5, 0.6) is 0 Å². The van der Waals surface area contributed by atoms with E-state index in [-0.39, 0.29) is 12.5 Å². The molecule has 6 unspecified atom stereocenters. The van der Waals surface area contributed by atoms with Gasteiger partial charge in [-0.1, -0.05) is 0 Å². The molecular weight excluding hydrogens is 660 g/mol. The van der Waals surface area contributed by atoms with Gasteiger partial charge in [0.15, 0.2) is 19.8 Å². The monoisotopic (exact) mass is 688 g/mol. The molecule has 2 fully saturated rings. The lowest BCUT2D eigenvalue weighted by Gasteiger charge is -2.08. The minimum atomic E-state index is -1.16. The molecule has 2 aliphatic heterocycles. The summed E-state index contributed by atoms with van der Waals surface area (Å²) in [6.45, 7) is -1.94. The van der Waals surface area contributed by atoms with E-state index in [2.05, 4.69) is 52.8 Å². The molecule has 2 rings (SSSR count). The van der Waals surface area contributed by atoms with Crippen molar-refractivity contribution in [3.8, 4) is 0 Å². The Balaban J connectivity index is 0. The van der Waals surface area contributed by atoms with Gasteiger partial charge in [-0.3, -0.25) is 19.3 Å². The molecule has 2 saturated heterocycles. The number of alkyl carbamates (subject to hydrolysis) is 1. The van der Waals surface area contributed by atoms with E-state index in [1.54, 1.807) is 37.9 Å². The fourth-order valence-electron chi connectivity index (χ4n) is 1.53. The quantitative estimate of drug-likeness (QED) is 0.120. The third-order valence-electron chi connectivity index (χ3n) is 3.40. The Morgan fingerprint density at radius 3 is 1.48 bits per heavy atom. The van der Waals surface area contributed by atoms with Crippen LogP contribution in [-0.2, 0) is 70.7 Å². The summed E-state index contributed by atoms with van der Waals surface area (Å²) in [6, 6.07) is -1.26. The fraction of sp³-hybridized carbons (Fsp3) is 0.500. The van der Waals surface area contributed by atoms with E-state index < -0.39 is 80.5 Å². The number of aliphatic hydroxyl groups is 1. The van der Waals surface area contributed by atoms with Crippen LogP contribution in [0.15, 0.2) is 0 Å². The van der Waals surface area contributed by atoms with Crippen molar-refractivity contribution in [3.63, 3.8) is 0 Å². The third kappa shape index (κ3) is 22.6. The zero-order chi connectivity index (χ0) is 32.5. The second-order valence-corrected chi connectivity index (χ2v) is 7.32. The summed E-state index contributed by atoms with van der Waals surface area (Å²) in [5.74, 6) is -3.59. The van der Waals surface area contributed by atoms with Crippen LogP contribution in [0.1, 0.15) is 0 Å². The molecule has 240 valence electrons. The van der Waals surface area contributed by atoms with E-state index in [0.29, 0.717) is 6.61 Å². The maximum Gasteiger partial charge on any atom is 0.509 e. The number of rotatable bonds is 8. The Hall–Kier alpha value is -3.08. The summed E-state index contributed by atoms with van der Waals surface area (Å²) in [6.07, 6.45) is -2.05. The van der Waals surface area contributed by atoms with E-state index in [1.807, 2.05) is 5.48 Å². The van der Waals surface area contributed by atoms with Crippen molar-refractivity contribution in [1.29, 1.82) is 0 Å². The molecule has 0 aromatic heterocycles. The smallest absolute Gasteiger partial charge is 0.450 e. The van der Waals surface area contributed by atoms with Crippen molar-refractivity contribution in [2.45, 2.75) is 12.1 Å². The molecule has 6 atom stereocenters. The average molecular weight is 688 g/mol. The van der Waals surface area contributed by atoms with Crippen molar-refractivity contribution in [2.24, 2.45) is 5.73 Å². The van der Waals surface area contributed by atoms with Gasteiger partial charge in [-0.05, 0) is 0 Å². The van der Waals surface area contributed by atoms with Gasteiger partial charge in [0, 0.05) is 0 Å². The van der Waals surface area contributed by atoms with Crippen LogP contribution in [0.25, 0.3) is 0 Å². The lowest BCUT2D eigenvalue weighted by Crippen LogP contribution is -2.42. The van der Waals surface area contributed by atoms with Crippen LogP contribution < -0.4 is 22.0 Å². The summed E-state index contributed by atoms with van der Waals surface area (Å²) >= 11 is 0. The van der Waals surface area contributed by atoms with Gasteiger partial charge in [-0.2, -0.15) is 0 Å². The number of hydroxylamine groups is 2. The molecule has 42 heavy (non-hydrogen) atoms. The summed E-state index contributed by atoms with van der Waals surface area (Å²) in [7, 11) is 6.84. The lowest BCUT2D eigenvalue weighted by molar-refractivity contribution is -0.139. The Morgan fingerprint density at radius 1 is 0.762 bits per heavy atom. The standard InChI is InChI=1S/C6H9N2O6P.C5H8O7P2.C3H6N2O2.C2H5O3P/c9-4(14-15)2-12-6(11)7-3-1-13-8-5(3)10;6-3(11-13)1-9-5(8)10-2-4(7)12-14;4-2-1-7-5-3(2)6;3-1-2(4)5-6/h3H,1-2,15H2,(H,7,11)(H,8,10);1-2,13-14H2;2H,1,4H2,(H,5,6);3H,1,6H2. The Kier molecular flexibility index (Phi) is 25.0. The zero-order valence-corrected chi connectivity index (χ0v) is 25.8. The van der Waals surface area contributed by atoms with E-state index in [0.717, 1.165) is 0 Å². The van der Waals surface area contributed by atoms with Gasteiger partial charge in [-0.25, -0.2) is 39.7 Å². The molecule has 0 aliphatic carbocycles. The van der Waals surface area contributed by atoms with Crippen molar-refractivity contribution in [2.75, 3.05) is 39.6 Å². The van der Waals surface area contributed by atoms with Crippen LogP contribution in [0, 0.1) is 0 Å². The van der Waals surface area contributed by atoms with Crippen LogP contribution in [0.3, 0.4) is 0 Å². The Bertz CT molecular complexity index is 900. The molecule has 0 spiro atoms. The van der Waals surface area contributed by atoms with Gasteiger partial charge >= 0.3 is 36.1 Å². The molecule has 26 heteroatoms. The molecule has 0 aromatic rings. The normalized spacial score (nSPS) is 16.0. The fourth-order valence-corrected chi connectivity index (χ4v) is 1.81. The van der Waals surface area contributed by atoms with Gasteiger partial charge < -0.3 is 48.5 Å². The first kappa shape index (κ1) is 41.1. The third-order valence-corrected chi connectivity index (χ3v) is 4.45. The predicted molar refractivity (Wildman–Crippen MR) is 142 cm³/mol. The average Bonchev–Trinajstić information content (AvgIpc) is 3.58. The van der Waals surface area contributed by atoms with Gasteiger partial charge in [-0.15, -0.1) is 0 Å². The Morgan fingerprint density at radius 2 is 1.19 bits per heavy atom. The van der Waals surface area contributed by atoms with Crippen molar-refractivity contribution < 1.29 is 85.4 Å². The minimum Gasteiger partial charge on any atom is -0.450 e. The molecule has 2 aliphatic rings. The zero-order valence-electron chi connectivity index (χ0n) is 21.2. The first-order chi connectivity index (χ1) is 19.8. The number of carbonyl (C=O) groups excluding carboxylic acids is 8. The largest absolute Gasteiger partial charge is 0.509 e. The van der Waals surface area contributed by atoms with Crippen molar-refractivity contribution >= 4 is 85.8 Å². The van der Waals surface area contributed by atoms with Crippen LogP contribution >= 0.6 is 37.9 Å². The first-order valence-corrected chi connectivity index (χ1v) is 12.2. The highest BCUT2D eigenvalue weighted by Crippen LogP contribution is 1.96. The highest BCUT2D eigenvalue weighted by atomic mass is 31.0. The number of ether oxygens (including phenoxy) is 3. The molecule has 2 heterocycles. The second-order valence-electron chi connectivity index (χ2n) is 6.38. The van der Waals surface area contributed by atoms with E-state index in [9.17, 15) is 38.4 Å². The second kappa shape index (κ2) is 25.6. The van der Waals surface area contributed by atoms with Crippen LogP contribution in [0.4, 0.5) is 9.59 Å². The molecule has 0 radical (unpaired) electrons. The van der Waals surface area contributed by atoms with E-state index >= 15 is 0 Å². The van der Waals surface area contributed by atoms with Crippen LogP contribution in [-0.4, -0.2) is 105 Å². The molecule has 22 nitrogen and oxygen atoms in total. The minimum absolute atomic E-state index is 0.0159. The summed E-state index contributed by atoms with van der Waals surface area (Å²) < 4.78 is 29.2. The Labute approximate surface area is 245 Å². The number of aliphatic hydroxyl groups excluding tert-OH is 1. The van der Waals surface area contributed by atoms with Crippen LogP contribution in [0.2, 0.25) is 0 Å². The number of nitrogens with one attached hydrogen (secondary N) is 3. The summed E-state index contributed by atoms with van der Waals surface area (Å²) in [5.41, 5.74) is 9.29. The van der Waals surface area contributed by atoms with Gasteiger partial charge in [0.25, 0.3) is 11.8 Å². The maximum atomic E-state index is 11.0. The number of carbonyl (C=O) groups is 8. The first-order valence-electron chi connectivity index (χ1n) is 10.4. The van der Waals surface area contributed by atoms with E-state index in [1.165, 1.54) is 0 Å². The van der Waals surface area contributed by atoms with E-state index in [4.69, 9.17) is 10.8 Å². The van der Waals surface area contributed by atoms with Crippen molar-refractivity contribution in [1.82, 2.24) is 16.3 Å². The SMILES string of the molecule is NC1CONC1=O.O=C(CO)OP.O=C(COC(=O)NC1CONC1=O)OP.O=C(COC(=O)OCC(=O)OP)OP. The highest BCUT2D eigenvalue weighted by molar-refractivity contribution is 7.11.